The summed E-state index contributed by atoms with van der Waals surface area (Å²) in [5.41, 5.74) is 8.96. The number of hydrogen-bond acceptors (Lipinski definition) is 3. The molecule has 1 aromatic rings. The Hall–Kier alpha value is -1.06. The Morgan fingerprint density at radius 2 is 2.10 bits per heavy atom. The lowest BCUT2D eigenvalue weighted by atomic mass is 9.88. The topological polar surface area (TPSA) is 32.5 Å². The molecule has 0 saturated carbocycles. The van der Waals surface area contributed by atoms with E-state index >= 15 is 0 Å². The zero-order valence-electron chi connectivity index (χ0n) is 13.9. The number of anilines is 1. The van der Waals surface area contributed by atoms with Crippen molar-refractivity contribution in [2.75, 3.05) is 38.1 Å². The molecule has 118 valence electrons. The Labute approximate surface area is 130 Å². The van der Waals surface area contributed by atoms with Gasteiger partial charge in [-0.25, -0.2) is 0 Å². The molecule has 1 unspecified atom stereocenters. The smallest absolute Gasteiger partial charge is 0.0533 e. The largest absolute Gasteiger partial charge is 0.368 e. The van der Waals surface area contributed by atoms with Gasteiger partial charge in [0.1, 0.15) is 0 Å². The predicted molar refractivity (Wildman–Crippen MR) is 91.9 cm³/mol. The summed E-state index contributed by atoms with van der Waals surface area (Å²) in [5, 5.41) is 0. The maximum absolute atomic E-state index is 6.24. The van der Waals surface area contributed by atoms with Gasteiger partial charge in [-0.3, -0.25) is 0 Å². The van der Waals surface area contributed by atoms with E-state index in [4.69, 9.17) is 5.73 Å². The number of likely N-dealkylation sites (N-methyl/N-ethyl adjacent to an activating group) is 1. The van der Waals surface area contributed by atoms with Crippen LogP contribution < -0.4 is 10.6 Å². The number of aryl methyl sites for hydroxylation is 1. The van der Waals surface area contributed by atoms with Crippen molar-refractivity contribution in [3.8, 4) is 0 Å². The van der Waals surface area contributed by atoms with E-state index < -0.39 is 0 Å². The van der Waals surface area contributed by atoms with Crippen LogP contribution in [0.1, 0.15) is 38.2 Å². The zero-order valence-corrected chi connectivity index (χ0v) is 13.9. The molecule has 0 aliphatic carbocycles. The number of nitrogens with two attached hydrogens (primary N) is 1. The minimum atomic E-state index is 0.107. The first-order chi connectivity index (χ1) is 10.1. The van der Waals surface area contributed by atoms with Crippen molar-refractivity contribution >= 4 is 5.69 Å². The van der Waals surface area contributed by atoms with Crippen LogP contribution in [0.25, 0.3) is 0 Å². The minimum absolute atomic E-state index is 0.107. The molecular formula is C18H31N3. The van der Waals surface area contributed by atoms with Crippen LogP contribution >= 0.6 is 0 Å². The fourth-order valence-electron chi connectivity index (χ4n) is 3.56. The quantitative estimate of drug-likeness (QED) is 0.904. The molecule has 1 atom stereocenters. The first kappa shape index (κ1) is 16.3. The van der Waals surface area contributed by atoms with Crippen LogP contribution in [0, 0.1) is 6.92 Å². The van der Waals surface area contributed by atoms with Crippen LogP contribution in [0.2, 0.25) is 0 Å². The number of hydrogen-bond donors (Lipinski definition) is 1. The van der Waals surface area contributed by atoms with Crippen LogP contribution in [0.4, 0.5) is 5.69 Å². The highest BCUT2D eigenvalue weighted by Crippen LogP contribution is 2.31. The number of rotatable bonds is 5. The van der Waals surface area contributed by atoms with Gasteiger partial charge in [0.25, 0.3) is 0 Å². The molecule has 0 amide bonds. The molecule has 1 aliphatic rings. The van der Waals surface area contributed by atoms with E-state index in [2.05, 4.69) is 55.0 Å². The van der Waals surface area contributed by atoms with E-state index in [0.29, 0.717) is 0 Å². The van der Waals surface area contributed by atoms with Crippen molar-refractivity contribution < 1.29 is 0 Å². The molecule has 1 aliphatic heterocycles. The normalized spacial score (nSPS) is 23.8. The second-order valence-corrected chi connectivity index (χ2v) is 6.52. The van der Waals surface area contributed by atoms with Crippen LogP contribution in [0.5, 0.6) is 0 Å². The summed E-state index contributed by atoms with van der Waals surface area (Å²) < 4.78 is 0. The summed E-state index contributed by atoms with van der Waals surface area (Å²) in [6, 6.07) is 8.78. The molecule has 0 spiro atoms. The van der Waals surface area contributed by atoms with E-state index in [1.165, 1.54) is 50.1 Å². The third kappa shape index (κ3) is 3.78. The van der Waals surface area contributed by atoms with Crippen LogP contribution in [-0.4, -0.2) is 43.7 Å². The molecule has 2 N–H and O–H groups in total. The molecule has 1 heterocycles. The molecule has 3 nitrogen and oxygen atoms in total. The highest BCUT2D eigenvalue weighted by Gasteiger charge is 2.35. The van der Waals surface area contributed by atoms with Gasteiger partial charge in [0, 0.05) is 25.8 Å². The van der Waals surface area contributed by atoms with E-state index in [1.54, 1.807) is 0 Å². The highest BCUT2D eigenvalue weighted by atomic mass is 15.2. The third-order valence-corrected chi connectivity index (χ3v) is 5.03. The Kier molecular flexibility index (Phi) is 5.65. The lowest BCUT2D eigenvalue weighted by Crippen LogP contribution is -2.53. The van der Waals surface area contributed by atoms with Crippen molar-refractivity contribution in [1.82, 2.24) is 4.90 Å². The van der Waals surface area contributed by atoms with E-state index in [0.717, 1.165) is 13.0 Å². The fourth-order valence-corrected chi connectivity index (χ4v) is 3.56. The lowest BCUT2D eigenvalue weighted by molar-refractivity contribution is 0.275. The predicted octanol–water partition coefficient (Wildman–Crippen LogP) is 3.02. The second kappa shape index (κ2) is 7.28. The molecule has 1 saturated heterocycles. The van der Waals surface area contributed by atoms with Crippen LogP contribution in [0.3, 0.4) is 0 Å². The molecule has 1 fully saturated rings. The molecule has 0 aromatic heterocycles. The molecule has 3 heteroatoms. The van der Waals surface area contributed by atoms with Gasteiger partial charge < -0.3 is 15.5 Å². The molecule has 0 radical (unpaired) electrons. The monoisotopic (exact) mass is 289 g/mol. The van der Waals surface area contributed by atoms with Gasteiger partial charge >= 0.3 is 0 Å². The first-order valence-corrected chi connectivity index (χ1v) is 8.34. The molecule has 0 bridgehead atoms. The van der Waals surface area contributed by atoms with Crippen molar-refractivity contribution in [2.24, 2.45) is 5.73 Å². The number of benzene rings is 1. The maximum Gasteiger partial charge on any atom is 0.0533 e. The first-order valence-electron chi connectivity index (χ1n) is 8.34. The van der Waals surface area contributed by atoms with Crippen molar-refractivity contribution in [3.05, 3.63) is 29.8 Å². The number of likely N-dealkylation sites (tertiary alicyclic amines) is 1. The van der Waals surface area contributed by atoms with E-state index in [-0.39, 0.29) is 5.54 Å². The molecule has 1 aromatic carbocycles. The Bertz CT molecular complexity index is 446. The average Bonchev–Trinajstić information content (AvgIpc) is 2.70. The second-order valence-electron chi connectivity index (χ2n) is 6.52. The Morgan fingerprint density at radius 3 is 2.76 bits per heavy atom. The van der Waals surface area contributed by atoms with Crippen LogP contribution in [0.15, 0.2) is 24.3 Å². The van der Waals surface area contributed by atoms with Gasteiger partial charge in [0.05, 0.1) is 5.54 Å². The van der Waals surface area contributed by atoms with Gasteiger partial charge in [-0.2, -0.15) is 0 Å². The summed E-state index contributed by atoms with van der Waals surface area (Å²) in [7, 11) is 2.22. The van der Waals surface area contributed by atoms with Gasteiger partial charge in [-0.15, -0.1) is 0 Å². The number of nitrogens with zero attached hydrogens (tertiary/aromatic N) is 2. The lowest BCUT2D eigenvalue weighted by Gasteiger charge is -2.42. The van der Waals surface area contributed by atoms with E-state index in [1.807, 2.05) is 0 Å². The highest BCUT2D eigenvalue weighted by molar-refractivity contribution is 5.50. The maximum atomic E-state index is 6.24. The van der Waals surface area contributed by atoms with Crippen molar-refractivity contribution in [3.63, 3.8) is 0 Å². The summed E-state index contributed by atoms with van der Waals surface area (Å²) in [4.78, 5) is 5.04. The molecule has 21 heavy (non-hydrogen) atoms. The SMILES string of the molecule is CCCN1CCCC(CN)(N(C)c2cccc(C)c2)CC1. The van der Waals surface area contributed by atoms with Crippen molar-refractivity contribution in [1.29, 1.82) is 0 Å². The van der Waals surface area contributed by atoms with Crippen molar-refractivity contribution in [2.45, 2.75) is 45.1 Å². The molecular weight excluding hydrogens is 258 g/mol. The van der Waals surface area contributed by atoms with Crippen LogP contribution in [-0.2, 0) is 0 Å². The minimum Gasteiger partial charge on any atom is -0.368 e. The standard InChI is InChI=1S/C18H31N3/c1-4-11-21-12-6-9-18(15-19,10-13-21)20(3)17-8-5-7-16(2)14-17/h5,7-8,14H,4,6,9-13,15,19H2,1-3H3. The summed E-state index contributed by atoms with van der Waals surface area (Å²) in [6.07, 6.45) is 4.83. The average molecular weight is 289 g/mol. The zero-order chi connectivity index (χ0) is 15.3. The van der Waals surface area contributed by atoms with E-state index in [9.17, 15) is 0 Å². The third-order valence-electron chi connectivity index (χ3n) is 5.03. The summed E-state index contributed by atoms with van der Waals surface area (Å²) >= 11 is 0. The summed E-state index contributed by atoms with van der Waals surface area (Å²) in [5.74, 6) is 0. The van der Waals surface area contributed by atoms with Gasteiger partial charge in [-0.05, 0) is 63.4 Å². The van der Waals surface area contributed by atoms with Gasteiger partial charge in [0.2, 0.25) is 0 Å². The molecule has 2 rings (SSSR count). The Balaban J connectivity index is 2.16. The summed E-state index contributed by atoms with van der Waals surface area (Å²) in [6.45, 7) is 8.76. The fraction of sp³-hybridized carbons (Fsp3) is 0.667. The van der Waals surface area contributed by atoms with Gasteiger partial charge in [0.15, 0.2) is 0 Å². The van der Waals surface area contributed by atoms with Gasteiger partial charge in [-0.1, -0.05) is 19.1 Å². The Morgan fingerprint density at radius 1 is 1.29 bits per heavy atom.